The molecular weight excluding hydrogens is 488 g/mol. The van der Waals surface area contributed by atoms with Crippen molar-refractivity contribution in [2.45, 2.75) is 4.90 Å². The minimum atomic E-state index is -4.11. The second kappa shape index (κ2) is 10.6. The lowest BCUT2D eigenvalue weighted by atomic mass is 10.2. The number of sulfonamides is 1. The Morgan fingerprint density at radius 1 is 1.15 bits per heavy atom. The molecule has 0 heterocycles. The zero-order valence-corrected chi connectivity index (χ0v) is 18.8. The lowest BCUT2D eigenvalue weighted by Gasteiger charge is -2.10. The number of para-hydroxylation sites is 1. The van der Waals surface area contributed by atoms with Gasteiger partial charge in [-0.25, -0.2) is 13.2 Å². The third kappa shape index (κ3) is 6.43. The van der Waals surface area contributed by atoms with Crippen LogP contribution in [0, 0.1) is 10.1 Å². The van der Waals surface area contributed by atoms with Crippen molar-refractivity contribution < 1.29 is 28.0 Å². The van der Waals surface area contributed by atoms with Gasteiger partial charge in [-0.2, -0.15) is 5.10 Å². The molecule has 3 rings (SSSR count). The van der Waals surface area contributed by atoms with Gasteiger partial charge in [0, 0.05) is 22.3 Å². The van der Waals surface area contributed by atoms with Crippen LogP contribution in [0.15, 0.2) is 76.7 Å². The number of carbonyl (C=O) groups is 1. The number of nitro benzene ring substituents is 1. The van der Waals surface area contributed by atoms with Gasteiger partial charge in [-0.05, 0) is 48.5 Å². The van der Waals surface area contributed by atoms with Gasteiger partial charge >= 0.3 is 5.97 Å². The minimum absolute atomic E-state index is 0.0596. The molecule has 0 fully saturated rings. The number of hydrogen-bond acceptors (Lipinski definition) is 8. The summed E-state index contributed by atoms with van der Waals surface area (Å²) in [6, 6.07) is 15.7. The lowest BCUT2D eigenvalue weighted by molar-refractivity contribution is -0.384. The van der Waals surface area contributed by atoms with Gasteiger partial charge in [0.15, 0.2) is 6.61 Å². The summed E-state index contributed by atoms with van der Waals surface area (Å²) >= 11 is 5.79. The second-order valence-corrected chi connectivity index (χ2v) is 8.76. The fourth-order valence-corrected chi connectivity index (χ4v) is 3.89. The first kappa shape index (κ1) is 24.5. The number of nitro groups is 1. The van der Waals surface area contributed by atoms with Gasteiger partial charge < -0.3 is 9.84 Å². The zero-order chi connectivity index (χ0) is 24.7. The first-order chi connectivity index (χ1) is 16.2. The third-order valence-electron chi connectivity index (χ3n) is 4.23. The second-order valence-electron chi connectivity index (χ2n) is 6.64. The summed E-state index contributed by atoms with van der Waals surface area (Å²) in [5.41, 5.74) is 2.57. The van der Waals surface area contributed by atoms with Crippen LogP contribution >= 0.6 is 11.6 Å². The van der Waals surface area contributed by atoms with Crippen molar-refractivity contribution >= 4 is 50.9 Å². The first-order valence-corrected chi connectivity index (χ1v) is 11.3. The highest BCUT2D eigenvalue weighted by Gasteiger charge is 2.21. The monoisotopic (exact) mass is 504 g/mol. The number of nitrogens with zero attached hydrogens (tertiary/aromatic N) is 2. The molecule has 3 aromatic carbocycles. The van der Waals surface area contributed by atoms with Crippen molar-refractivity contribution in [1.82, 2.24) is 0 Å². The minimum Gasteiger partial charge on any atom is -0.481 e. The van der Waals surface area contributed by atoms with E-state index < -0.39 is 33.2 Å². The average Bonchev–Trinajstić information content (AvgIpc) is 2.79. The molecule has 0 unspecified atom stereocenters. The van der Waals surface area contributed by atoms with Gasteiger partial charge in [0.2, 0.25) is 0 Å². The number of nitrogens with one attached hydrogen (secondary N) is 2. The quantitative estimate of drug-likeness (QED) is 0.212. The average molecular weight is 505 g/mol. The summed E-state index contributed by atoms with van der Waals surface area (Å²) < 4.78 is 32.8. The predicted octanol–water partition coefficient (Wildman–Crippen LogP) is 3.96. The molecule has 11 nitrogen and oxygen atoms in total. The van der Waals surface area contributed by atoms with Gasteiger partial charge in [-0.15, -0.1) is 0 Å². The van der Waals surface area contributed by atoms with Crippen LogP contribution in [0.5, 0.6) is 5.75 Å². The Morgan fingerprint density at radius 3 is 2.53 bits per heavy atom. The maximum absolute atomic E-state index is 12.6. The van der Waals surface area contributed by atoms with Crippen molar-refractivity contribution in [2.75, 3.05) is 16.8 Å². The topological polar surface area (TPSA) is 160 Å². The lowest BCUT2D eigenvalue weighted by Crippen LogP contribution is -2.13. The van der Waals surface area contributed by atoms with Crippen molar-refractivity contribution in [3.05, 3.63) is 87.4 Å². The zero-order valence-electron chi connectivity index (χ0n) is 17.2. The van der Waals surface area contributed by atoms with Crippen molar-refractivity contribution in [2.24, 2.45) is 5.10 Å². The Morgan fingerprint density at radius 2 is 1.85 bits per heavy atom. The molecular formula is C21H17ClN4O7S. The largest absolute Gasteiger partial charge is 0.481 e. The summed E-state index contributed by atoms with van der Waals surface area (Å²) in [6.45, 7) is -0.552. The molecule has 176 valence electrons. The summed E-state index contributed by atoms with van der Waals surface area (Å²) in [5, 5.41) is 24.6. The fourth-order valence-electron chi connectivity index (χ4n) is 2.69. The number of anilines is 2. The third-order valence-corrected chi connectivity index (χ3v) is 5.86. The highest BCUT2D eigenvalue weighted by molar-refractivity contribution is 7.92. The molecule has 0 aliphatic heterocycles. The van der Waals surface area contributed by atoms with Gasteiger partial charge in [0.05, 0.1) is 16.0 Å². The van der Waals surface area contributed by atoms with Gasteiger partial charge in [-0.1, -0.05) is 23.7 Å². The molecule has 13 heteroatoms. The number of halogens is 1. The summed E-state index contributed by atoms with van der Waals surface area (Å²) in [6.07, 6.45) is 1.29. The van der Waals surface area contributed by atoms with E-state index in [0.29, 0.717) is 10.6 Å². The number of ether oxygens (including phenoxy) is 1. The van der Waals surface area contributed by atoms with Gasteiger partial charge in [0.1, 0.15) is 11.4 Å². The van der Waals surface area contributed by atoms with E-state index in [4.69, 9.17) is 21.4 Å². The van der Waals surface area contributed by atoms with Crippen LogP contribution in [-0.4, -0.2) is 37.2 Å². The number of hydrazone groups is 1. The molecule has 0 radical (unpaired) electrons. The van der Waals surface area contributed by atoms with Crippen LogP contribution in [0.3, 0.4) is 0 Å². The molecule has 0 bridgehead atoms. The Kier molecular flexibility index (Phi) is 7.66. The SMILES string of the molecule is O=C(O)COc1ccccc1/C=N\Nc1ccc(S(=O)(=O)Nc2ccc(Cl)cc2)cc1[N+](=O)[O-]. The molecule has 0 spiro atoms. The molecule has 34 heavy (non-hydrogen) atoms. The highest BCUT2D eigenvalue weighted by atomic mass is 35.5. The van der Waals surface area contributed by atoms with Crippen molar-refractivity contribution in [3.8, 4) is 5.75 Å². The maximum Gasteiger partial charge on any atom is 0.341 e. The Labute approximate surface area is 198 Å². The van der Waals surface area contributed by atoms with Crippen LogP contribution in [0.2, 0.25) is 5.02 Å². The standard InChI is InChI=1S/C21H17ClN4O7S/c22-15-5-7-16(8-6-15)25-34(31,32)17-9-10-18(19(11-17)26(29)30)24-23-12-14-3-1-2-4-20(14)33-13-21(27)28/h1-12,24-25H,13H2,(H,27,28)/b23-12-. The number of benzene rings is 3. The number of aliphatic carboxylic acids is 1. The van der Waals surface area contributed by atoms with Crippen LogP contribution in [0.4, 0.5) is 17.1 Å². The van der Waals surface area contributed by atoms with E-state index >= 15 is 0 Å². The van der Waals surface area contributed by atoms with E-state index in [-0.39, 0.29) is 22.0 Å². The molecule has 0 aliphatic carbocycles. The number of carboxylic acids is 1. The van der Waals surface area contributed by atoms with Gasteiger partial charge in [-0.3, -0.25) is 20.3 Å². The number of carboxylic acid groups (broad SMARTS) is 1. The van der Waals surface area contributed by atoms with E-state index in [0.717, 1.165) is 6.07 Å². The molecule has 3 aromatic rings. The molecule has 0 aromatic heterocycles. The number of hydrogen-bond donors (Lipinski definition) is 3. The van der Waals surface area contributed by atoms with E-state index in [1.165, 1.54) is 42.6 Å². The predicted molar refractivity (Wildman–Crippen MR) is 126 cm³/mol. The van der Waals surface area contributed by atoms with E-state index in [9.17, 15) is 23.3 Å². The van der Waals surface area contributed by atoms with Crippen LogP contribution in [0.1, 0.15) is 5.56 Å². The Hall–Kier alpha value is -4.16. The Bertz CT molecular complexity index is 1350. The van der Waals surface area contributed by atoms with Crippen LogP contribution in [0.25, 0.3) is 0 Å². The molecule has 3 N–H and O–H groups in total. The van der Waals surface area contributed by atoms with Crippen molar-refractivity contribution in [1.29, 1.82) is 0 Å². The van der Waals surface area contributed by atoms with E-state index in [2.05, 4.69) is 15.2 Å². The molecule has 0 saturated heterocycles. The number of rotatable bonds is 10. The van der Waals surface area contributed by atoms with Crippen molar-refractivity contribution in [3.63, 3.8) is 0 Å². The fraction of sp³-hybridized carbons (Fsp3) is 0.0476. The molecule has 0 amide bonds. The van der Waals surface area contributed by atoms with E-state index in [1.54, 1.807) is 24.3 Å². The van der Waals surface area contributed by atoms with Crippen LogP contribution < -0.4 is 14.9 Å². The normalized spacial score (nSPS) is 11.2. The van der Waals surface area contributed by atoms with Gasteiger partial charge in [0.25, 0.3) is 15.7 Å². The highest BCUT2D eigenvalue weighted by Crippen LogP contribution is 2.29. The smallest absolute Gasteiger partial charge is 0.341 e. The summed E-state index contributed by atoms with van der Waals surface area (Å²) in [5.74, 6) is -0.902. The summed E-state index contributed by atoms with van der Waals surface area (Å²) in [7, 11) is -4.11. The molecule has 0 atom stereocenters. The van der Waals surface area contributed by atoms with Crippen LogP contribution in [-0.2, 0) is 14.8 Å². The molecule has 0 saturated carbocycles. The summed E-state index contributed by atoms with van der Waals surface area (Å²) in [4.78, 5) is 21.2. The first-order valence-electron chi connectivity index (χ1n) is 9.45. The van der Waals surface area contributed by atoms with E-state index in [1.807, 2.05) is 0 Å². The Balaban J connectivity index is 1.81. The molecule has 0 aliphatic rings. The maximum atomic E-state index is 12.6.